The van der Waals surface area contributed by atoms with Crippen LogP contribution in [-0.2, 0) is 6.42 Å². The van der Waals surface area contributed by atoms with E-state index >= 15 is 0 Å². The molecule has 0 aliphatic heterocycles. The highest BCUT2D eigenvalue weighted by atomic mass is 19.1. The van der Waals surface area contributed by atoms with Gasteiger partial charge < -0.3 is 5.11 Å². The van der Waals surface area contributed by atoms with Crippen LogP contribution in [-0.4, -0.2) is 5.11 Å². The summed E-state index contributed by atoms with van der Waals surface area (Å²) < 4.78 is 53.5. The van der Waals surface area contributed by atoms with Crippen LogP contribution in [0.2, 0.25) is 0 Å². The molecule has 2 aromatic rings. The maximum absolute atomic E-state index is 13.8. The first-order valence-electron chi connectivity index (χ1n) is 5.96. The van der Waals surface area contributed by atoms with E-state index in [9.17, 15) is 22.7 Å². The SMILES string of the molecule is Cc1ccc(F)c(C(O)Cc2cc(F)cc(F)c2)c1F. The minimum atomic E-state index is -1.52. The second-order valence-corrected chi connectivity index (χ2v) is 4.59. The van der Waals surface area contributed by atoms with Crippen LogP contribution >= 0.6 is 0 Å². The molecule has 2 aromatic carbocycles. The van der Waals surface area contributed by atoms with Gasteiger partial charge in [0.25, 0.3) is 0 Å². The van der Waals surface area contributed by atoms with Gasteiger partial charge in [-0.1, -0.05) is 6.07 Å². The molecule has 0 saturated heterocycles. The van der Waals surface area contributed by atoms with Crippen LogP contribution in [0, 0.1) is 30.2 Å². The van der Waals surface area contributed by atoms with Gasteiger partial charge in [-0.05, 0) is 36.2 Å². The fourth-order valence-corrected chi connectivity index (χ4v) is 2.04. The van der Waals surface area contributed by atoms with Crippen LogP contribution in [0.3, 0.4) is 0 Å². The average Bonchev–Trinajstić information content (AvgIpc) is 2.33. The van der Waals surface area contributed by atoms with Gasteiger partial charge >= 0.3 is 0 Å². The molecule has 0 aliphatic carbocycles. The van der Waals surface area contributed by atoms with Crippen molar-refractivity contribution in [1.29, 1.82) is 0 Å². The largest absolute Gasteiger partial charge is 0.388 e. The van der Waals surface area contributed by atoms with Crippen molar-refractivity contribution in [3.63, 3.8) is 0 Å². The molecule has 0 heterocycles. The van der Waals surface area contributed by atoms with Crippen LogP contribution in [0.15, 0.2) is 30.3 Å². The fourth-order valence-electron chi connectivity index (χ4n) is 2.04. The Labute approximate surface area is 113 Å². The van der Waals surface area contributed by atoms with Crippen LogP contribution in [0.5, 0.6) is 0 Å². The molecule has 0 amide bonds. The highest BCUT2D eigenvalue weighted by molar-refractivity contribution is 5.30. The lowest BCUT2D eigenvalue weighted by atomic mass is 9.98. The lowest BCUT2D eigenvalue weighted by Gasteiger charge is -2.14. The van der Waals surface area contributed by atoms with Crippen LogP contribution in [0.25, 0.3) is 0 Å². The topological polar surface area (TPSA) is 20.2 Å². The molecule has 0 spiro atoms. The smallest absolute Gasteiger partial charge is 0.134 e. The lowest BCUT2D eigenvalue weighted by Crippen LogP contribution is -2.09. The van der Waals surface area contributed by atoms with Crippen molar-refractivity contribution in [2.75, 3.05) is 0 Å². The van der Waals surface area contributed by atoms with Crippen molar-refractivity contribution in [2.45, 2.75) is 19.4 Å². The summed E-state index contributed by atoms with van der Waals surface area (Å²) in [5.41, 5.74) is -0.184. The van der Waals surface area contributed by atoms with Gasteiger partial charge in [0.2, 0.25) is 0 Å². The monoisotopic (exact) mass is 284 g/mol. The summed E-state index contributed by atoms with van der Waals surface area (Å²) in [4.78, 5) is 0. The normalized spacial score (nSPS) is 12.5. The second-order valence-electron chi connectivity index (χ2n) is 4.59. The van der Waals surface area contributed by atoms with E-state index < -0.39 is 34.9 Å². The highest BCUT2D eigenvalue weighted by Crippen LogP contribution is 2.26. The van der Waals surface area contributed by atoms with Gasteiger partial charge in [-0.3, -0.25) is 0 Å². The van der Waals surface area contributed by atoms with Gasteiger partial charge in [-0.15, -0.1) is 0 Å². The predicted molar refractivity (Wildman–Crippen MR) is 66.1 cm³/mol. The Morgan fingerprint density at radius 3 is 2.20 bits per heavy atom. The Balaban J connectivity index is 2.33. The summed E-state index contributed by atoms with van der Waals surface area (Å²) in [5, 5.41) is 9.92. The maximum atomic E-state index is 13.8. The Morgan fingerprint density at radius 1 is 1.00 bits per heavy atom. The third kappa shape index (κ3) is 2.99. The number of hydrogen-bond donors (Lipinski definition) is 1. The lowest BCUT2D eigenvalue weighted by molar-refractivity contribution is 0.168. The number of aliphatic hydroxyl groups is 1. The summed E-state index contributed by atoms with van der Waals surface area (Å²) in [6, 6.07) is 5.01. The predicted octanol–water partition coefficient (Wildman–Crippen LogP) is 3.83. The van der Waals surface area contributed by atoms with Gasteiger partial charge in [-0.25, -0.2) is 17.6 Å². The van der Waals surface area contributed by atoms with Gasteiger partial charge in [0.05, 0.1) is 11.7 Å². The minimum absolute atomic E-state index is 0.121. The number of rotatable bonds is 3. The van der Waals surface area contributed by atoms with E-state index in [1.165, 1.54) is 13.0 Å². The van der Waals surface area contributed by atoms with E-state index in [1.54, 1.807) is 0 Å². The molecule has 1 nitrogen and oxygen atoms in total. The first kappa shape index (κ1) is 14.5. The van der Waals surface area contributed by atoms with Crippen molar-refractivity contribution in [3.8, 4) is 0 Å². The van der Waals surface area contributed by atoms with Gasteiger partial charge in [0.15, 0.2) is 0 Å². The number of halogens is 4. The number of aryl methyl sites for hydroxylation is 1. The van der Waals surface area contributed by atoms with Crippen molar-refractivity contribution < 1.29 is 22.7 Å². The fraction of sp³-hybridized carbons (Fsp3) is 0.200. The molecule has 0 saturated carbocycles. The number of hydrogen-bond acceptors (Lipinski definition) is 1. The van der Waals surface area contributed by atoms with E-state index in [4.69, 9.17) is 0 Å². The van der Waals surface area contributed by atoms with E-state index in [0.29, 0.717) is 6.07 Å². The van der Waals surface area contributed by atoms with E-state index in [2.05, 4.69) is 0 Å². The highest BCUT2D eigenvalue weighted by Gasteiger charge is 2.20. The Kier molecular flexibility index (Phi) is 4.09. The zero-order valence-corrected chi connectivity index (χ0v) is 10.6. The minimum Gasteiger partial charge on any atom is -0.388 e. The first-order chi connectivity index (χ1) is 9.38. The summed E-state index contributed by atoms with van der Waals surface area (Å²) in [5.74, 6) is -3.36. The molecule has 0 aliphatic rings. The van der Waals surface area contributed by atoms with Crippen LogP contribution < -0.4 is 0 Å². The standard InChI is InChI=1S/C15H12F4O/c1-8-2-3-12(18)14(15(8)19)13(20)6-9-4-10(16)7-11(17)5-9/h2-5,7,13,20H,6H2,1H3. The summed E-state index contributed by atoms with van der Waals surface area (Å²) >= 11 is 0. The molecule has 20 heavy (non-hydrogen) atoms. The Morgan fingerprint density at radius 2 is 1.60 bits per heavy atom. The van der Waals surface area contributed by atoms with Crippen molar-refractivity contribution in [1.82, 2.24) is 0 Å². The summed E-state index contributed by atoms with van der Waals surface area (Å²) in [6.45, 7) is 1.44. The molecule has 0 radical (unpaired) electrons. The molecule has 2 rings (SSSR count). The van der Waals surface area contributed by atoms with E-state index in [0.717, 1.165) is 18.2 Å². The quantitative estimate of drug-likeness (QED) is 0.849. The van der Waals surface area contributed by atoms with Gasteiger partial charge in [-0.2, -0.15) is 0 Å². The molecule has 5 heteroatoms. The number of benzene rings is 2. The second kappa shape index (κ2) is 5.63. The van der Waals surface area contributed by atoms with Crippen LogP contribution in [0.1, 0.15) is 22.8 Å². The zero-order valence-electron chi connectivity index (χ0n) is 10.6. The van der Waals surface area contributed by atoms with Crippen molar-refractivity contribution in [2.24, 2.45) is 0 Å². The molecule has 1 atom stereocenters. The van der Waals surface area contributed by atoms with Crippen molar-refractivity contribution >= 4 is 0 Å². The van der Waals surface area contributed by atoms with Gasteiger partial charge in [0.1, 0.15) is 23.3 Å². The average molecular weight is 284 g/mol. The maximum Gasteiger partial charge on any atom is 0.134 e. The molecular formula is C15H12F4O. The number of aliphatic hydroxyl groups excluding tert-OH is 1. The van der Waals surface area contributed by atoms with E-state index in [1.807, 2.05) is 0 Å². The van der Waals surface area contributed by atoms with Crippen LogP contribution in [0.4, 0.5) is 17.6 Å². The molecule has 0 aromatic heterocycles. The molecular weight excluding hydrogens is 272 g/mol. The molecule has 1 N–H and O–H groups in total. The molecule has 0 bridgehead atoms. The molecule has 106 valence electrons. The third-order valence-corrected chi connectivity index (χ3v) is 3.00. The molecule has 0 fully saturated rings. The zero-order chi connectivity index (χ0) is 14.9. The summed E-state index contributed by atoms with van der Waals surface area (Å²) in [6.07, 6.45) is -1.80. The Hall–Kier alpha value is -1.88. The summed E-state index contributed by atoms with van der Waals surface area (Å²) in [7, 11) is 0. The van der Waals surface area contributed by atoms with Gasteiger partial charge in [0, 0.05) is 12.5 Å². The first-order valence-corrected chi connectivity index (χ1v) is 5.96. The van der Waals surface area contributed by atoms with Crippen molar-refractivity contribution in [3.05, 3.63) is 70.3 Å². The Bertz CT molecular complexity index is 620. The van der Waals surface area contributed by atoms with E-state index in [-0.39, 0.29) is 17.5 Å². The third-order valence-electron chi connectivity index (χ3n) is 3.00. The molecule has 1 unspecified atom stereocenters.